The van der Waals surface area contributed by atoms with Gasteiger partial charge in [-0.2, -0.15) is 21.3 Å². The van der Waals surface area contributed by atoms with Crippen LogP contribution in [0.1, 0.15) is 26.5 Å². The highest BCUT2D eigenvalue weighted by molar-refractivity contribution is 7.07. The number of nitrogens with zero attached hydrogens (tertiary/aromatic N) is 4. The van der Waals surface area contributed by atoms with Crippen molar-refractivity contribution in [2.24, 2.45) is 0 Å². The second-order valence-corrected chi connectivity index (χ2v) is 6.13. The minimum atomic E-state index is -1.11. The van der Waals surface area contributed by atoms with Crippen LogP contribution in [0.15, 0.2) is 35.2 Å². The second-order valence-electron chi connectivity index (χ2n) is 5.35. The standard InChI is InChI=1S/C17H15N5O5S/c1-26-16-20-13(14(23)19-12-3-2-11(8-18-12)15(24)25)21-17(22-16)27-6-4-10-5-7-28-9-10/h2-3,5,7-9H,4,6H2,1H3,(H,24,25)(H,18,19,23). The van der Waals surface area contributed by atoms with Gasteiger partial charge < -0.3 is 19.9 Å². The zero-order chi connectivity index (χ0) is 19.9. The van der Waals surface area contributed by atoms with Gasteiger partial charge in [0.1, 0.15) is 5.82 Å². The number of ether oxygens (including phenoxy) is 2. The van der Waals surface area contributed by atoms with Gasteiger partial charge in [0.15, 0.2) is 0 Å². The van der Waals surface area contributed by atoms with E-state index >= 15 is 0 Å². The Bertz CT molecular complexity index is 963. The molecule has 3 aromatic rings. The van der Waals surface area contributed by atoms with Crippen LogP contribution in [0.2, 0.25) is 0 Å². The van der Waals surface area contributed by atoms with E-state index in [-0.39, 0.29) is 29.2 Å². The number of rotatable bonds is 8. The molecule has 10 nitrogen and oxygen atoms in total. The van der Waals surface area contributed by atoms with E-state index in [0.29, 0.717) is 13.0 Å². The topological polar surface area (TPSA) is 136 Å². The number of aromatic carboxylic acids is 1. The van der Waals surface area contributed by atoms with Crippen molar-refractivity contribution in [1.29, 1.82) is 0 Å². The Morgan fingerprint density at radius 3 is 2.64 bits per heavy atom. The number of carboxylic acids is 1. The third-order valence-corrected chi connectivity index (χ3v) is 4.17. The molecular formula is C17H15N5O5S. The van der Waals surface area contributed by atoms with Gasteiger partial charge in [0.2, 0.25) is 5.82 Å². The maximum atomic E-state index is 12.4. The molecule has 11 heteroatoms. The Hall–Kier alpha value is -3.60. The van der Waals surface area contributed by atoms with Crippen LogP contribution >= 0.6 is 11.3 Å². The minimum absolute atomic E-state index is 0.00105. The van der Waals surface area contributed by atoms with E-state index in [1.165, 1.54) is 19.2 Å². The number of aromatic nitrogens is 4. The number of methoxy groups -OCH3 is 1. The first-order valence-electron chi connectivity index (χ1n) is 8.00. The van der Waals surface area contributed by atoms with Crippen LogP contribution in [0.4, 0.5) is 5.82 Å². The van der Waals surface area contributed by atoms with Crippen molar-refractivity contribution >= 4 is 29.0 Å². The molecule has 3 heterocycles. The summed E-state index contributed by atoms with van der Waals surface area (Å²) in [4.78, 5) is 38.9. The van der Waals surface area contributed by atoms with Crippen molar-refractivity contribution < 1.29 is 24.2 Å². The number of pyridine rings is 1. The number of carbonyl (C=O) groups excluding carboxylic acids is 1. The van der Waals surface area contributed by atoms with Crippen molar-refractivity contribution in [2.45, 2.75) is 6.42 Å². The van der Waals surface area contributed by atoms with Crippen LogP contribution in [0.25, 0.3) is 0 Å². The SMILES string of the molecule is COc1nc(OCCc2ccsc2)nc(C(=O)Nc2ccc(C(=O)O)cn2)n1. The molecule has 0 radical (unpaired) electrons. The molecular weight excluding hydrogens is 386 g/mol. The highest BCUT2D eigenvalue weighted by Gasteiger charge is 2.16. The lowest BCUT2D eigenvalue weighted by Crippen LogP contribution is -2.18. The molecule has 0 unspecified atom stereocenters. The van der Waals surface area contributed by atoms with Crippen molar-refractivity contribution in [3.8, 4) is 12.0 Å². The fourth-order valence-corrected chi connectivity index (χ4v) is 2.76. The van der Waals surface area contributed by atoms with Crippen molar-refractivity contribution in [3.05, 3.63) is 52.1 Å². The Balaban J connectivity index is 1.68. The number of carboxylic acid groups (broad SMARTS) is 1. The first-order chi connectivity index (χ1) is 13.5. The molecule has 0 saturated carbocycles. The summed E-state index contributed by atoms with van der Waals surface area (Å²) in [5.41, 5.74) is 1.13. The Labute approximate surface area is 163 Å². The fraction of sp³-hybridized carbons (Fsp3) is 0.176. The highest BCUT2D eigenvalue weighted by Crippen LogP contribution is 2.13. The number of carbonyl (C=O) groups is 2. The Morgan fingerprint density at radius 2 is 2.00 bits per heavy atom. The monoisotopic (exact) mass is 401 g/mol. The van der Waals surface area contributed by atoms with E-state index in [1.807, 2.05) is 16.8 Å². The quantitative estimate of drug-likeness (QED) is 0.580. The molecule has 0 atom stereocenters. The van der Waals surface area contributed by atoms with E-state index in [4.69, 9.17) is 14.6 Å². The van der Waals surface area contributed by atoms with E-state index < -0.39 is 11.9 Å². The molecule has 0 aromatic carbocycles. The van der Waals surface area contributed by atoms with Gasteiger partial charge in [0.05, 0.1) is 19.3 Å². The van der Waals surface area contributed by atoms with Gasteiger partial charge in [-0.15, -0.1) is 4.98 Å². The van der Waals surface area contributed by atoms with Crippen LogP contribution < -0.4 is 14.8 Å². The van der Waals surface area contributed by atoms with Crippen LogP contribution in [0, 0.1) is 0 Å². The predicted octanol–water partition coefficient (Wildman–Crippen LogP) is 1.91. The summed E-state index contributed by atoms with van der Waals surface area (Å²) in [5.74, 6) is -1.86. The van der Waals surface area contributed by atoms with E-state index in [0.717, 1.165) is 11.8 Å². The van der Waals surface area contributed by atoms with Gasteiger partial charge in [0.25, 0.3) is 5.91 Å². The van der Waals surface area contributed by atoms with Gasteiger partial charge in [-0.1, -0.05) is 0 Å². The molecule has 1 amide bonds. The molecule has 0 spiro atoms. The van der Waals surface area contributed by atoms with Crippen molar-refractivity contribution in [1.82, 2.24) is 19.9 Å². The first kappa shape index (κ1) is 19.2. The normalized spacial score (nSPS) is 10.3. The number of hydrogen-bond donors (Lipinski definition) is 2. The molecule has 0 fully saturated rings. The summed E-state index contributed by atoms with van der Waals surface area (Å²) < 4.78 is 10.5. The average molecular weight is 401 g/mol. The summed E-state index contributed by atoms with van der Waals surface area (Å²) in [6, 6.07) is 4.56. The van der Waals surface area contributed by atoms with Gasteiger partial charge in [0, 0.05) is 12.6 Å². The summed E-state index contributed by atoms with van der Waals surface area (Å²) >= 11 is 1.59. The van der Waals surface area contributed by atoms with Crippen LogP contribution in [0.3, 0.4) is 0 Å². The lowest BCUT2D eigenvalue weighted by atomic mass is 10.3. The third kappa shape index (κ3) is 4.98. The van der Waals surface area contributed by atoms with Crippen LogP contribution in [-0.2, 0) is 6.42 Å². The number of nitrogens with one attached hydrogen (secondary N) is 1. The molecule has 144 valence electrons. The molecule has 3 rings (SSSR count). The van der Waals surface area contributed by atoms with Gasteiger partial charge in [-0.3, -0.25) is 4.79 Å². The fourth-order valence-electron chi connectivity index (χ4n) is 2.06. The van der Waals surface area contributed by atoms with Gasteiger partial charge in [-0.05, 0) is 34.5 Å². The van der Waals surface area contributed by atoms with Crippen molar-refractivity contribution in [3.63, 3.8) is 0 Å². The Kier molecular flexibility index (Phi) is 6.07. The molecule has 0 bridgehead atoms. The van der Waals surface area contributed by atoms with E-state index in [2.05, 4.69) is 25.3 Å². The summed E-state index contributed by atoms with van der Waals surface area (Å²) in [6.07, 6.45) is 1.80. The molecule has 0 saturated heterocycles. The number of hydrogen-bond acceptors (Lipinski definition) is 9. The van der Waals surface area contributed by atoms with Crippen molar-refractivity contribution in [2.75, 3.05) is 19.0 Å². The lowest BCUT2D eigenvalue weighted by molar-refractivity contribution is 0.0696. The summed E-state index contributed by atoms with van der Waals surface area (Å²) in [6.45, 7) is 0.323. The van der Waals surface area contributed by atoms with E-state index in [1.54, 1.807) is 11.3 Å². The maximum absolute atomic E-state index is 12.4. The highest BCUT2D eigenvalue weighted by atomic mass is 32.1. The number of anilines is 1. The van der Waals surface area contributed by atoms with Gasteiger partial charge >= 0.3 is 18.0 Å². The smallest absolute Gasteiger partial charge is 0.337 e. The van der Waals surface area contributed by atoms with Crippen LogP contribution in [-0.4, -0.2) is 50.6 Å². The Morgan fingerprint density at radius 1 is 1.18 bits per heavy atom. The zero-order valence-electron chi connectivity index (χ0n) is 14.7. The van der Waals surface area contributed by atoms with Gasteiger partial charge in [-0.25, -0.2) is 9.78 Å². The molecule has 2 N–H and O–H groups in total. The minimum Gasteiger partial charge on any atom is -0.478 e. The number of thiophene rings is 1. The van der Waals surface area contributed by atoms with Crippen LogP contribution in [0.5, 0.6) is 12.0 Å². The third-order valence-electron chi connectivity index (χ3n) is 3.43. The maximum Gasteiger partial charge on any atom is 0.337 e. The first-order valence-corrected chi connectivity index (χ1v) is 8.94. The summed E-state index contributed by atoms with van der Waals surface area (Å²) in [5, 5.41) is 15.3. The van der Waals surface area contributed by atoms with E-state index in [9.17, 15) is 9.59 Å². The molecule has 0 aliphatic rings. The predicted molar refractivity (Wildman–Crippen MR) is 99.0 cm³/mol. The second kappa shape index (κ2) is 8.86. The molecule has 0 aliphatic carbocycles. The molecule has 28 heavy (non-hydrogen) atoms. The average Bonchev–Trinajstić information content (AvgIpc) is 3.21. The number of amides is 1. The molecule has 3 aromatic heterocycles. The zero-order valence-corrected chi connectivity index (χ0v) is 15.5. The largest absolute Gasteiger partial charge is 0.478 e. The lowest BCUT2D eigenvalue weighted by Gasteiger charge is -2.08. The molecule has 0 aliphatic heterocycles. The summed E-state index contributed by atoms with van der Waals surface area (Å²) in [7, 11) is 1.36.